The Balaban J connectivity index is 0.000000446. The quantitative estimate of drug-likeness (QED) is 0.0237. The lowest BCUT2D eigenvalue weighted by Gasteiger charge is -2.06. The zero-order valence-corrected chi connectivity index (χ0v) is 38.5. The number of hydrogen-bond acceptors (Lipinski definition) is 15. The van der Waals surface area contributed by atoms with E-state index in [0.717, 1.165) is 35.9 Å². The van der Waals surface area contributed by atoms with Crippen molar-refractivity contribution in [1.82, 2.24) is 0 Å². The third-order valence-corrected chi connectivity index (χ3v) is 8.84. The van der Waals surface area contributed by atoms with Crippen LogP contribution in [-0.4, -0.2) is 106 Å². The molecular formula is C50H47F3N2O19. The average molecular weight is 1040 g/mol. The molecule has 0 aliphatic carbocycles. The summed E-state index contributed by atoms with van der Waals surface area (Å²) in [7, 11) is 1.54. The fourth-order valence-electron chi connectivity index (χ4n) is 5.09. The number of nitrogens with two attached hydrogens (primary N) is 2. The van der Waals surface area contributed by atoms with Crippen LogP contribution >= 0.6 is 0 Å². The Bertz CT molecular complexity index is 2880. The highest BCUT2D eigenvalue weighted by Gasteiger charge is 2.30. The fourth-order valence-corrected chi connectivity index (χ4v) is 5.09. The second kappa shape index (κ2) is 30.5. The number of nitrogen functional groups attached to an aromatic ring is 2. The Morgan fingerprint density at radius 1 is 0.514 bits per heavy atom. The first kappa shape index (κ1) is 61.9. The Morgan fingerprint density at radius 3 is 1.51 bits per heavy atom. The maximum Gasteiger partial charge on any atom is 0.416 e. The fraction of sp³-hybridized carbons (Fsp3) is 0.120. The summed E-state index contributed by atoms with van der Waals surface area (Å²) in [5, 5.41) is 86.1. The number of carbonyl (C=O) groups is 8. The van der Waals surface area contributed by atoms with Crippen molar-refractivity contribution < 1.29 is 107 Å². The van der Waals surface area contributed by atoms with Gasteiger partial charge in [0.2, 0.25) is 5.78 Å². The smallest absolute Gasteiger partial charge is 0.416 e. The first-order chi connectivity index (χ1) is 34.6. The van der Waals surface area contributed by atoms with Crippen LogP contribution in [0.4, 0.5) is 24.5 Å². The van der Waals surface area contributed by atoms with Gasteiger partial charge in [0.15, 0.2) is 17.3 Å². The second-order valence-corrected chi connectivity index (χ2v) is 14.3. The van der Waals surface area contributed by atoms with E-state index in [9.17, 15) is 51.5 Å². The van der Waals surface area contributed by atoms with Gasteiger partial charge < -0.3 is 67.3 Å². The Hall–Kier alpha value is -10.1. The summed E-state index contributed by atoms with van der Waals surface area (Å²) in [6.07, 6.45) is -4.78. The van der Waals surface area contributed by atoms with Gasteiger partial charge in [-0.1, -0.05) is 48.5 Å². The maximum absolute atomic E-state index is 12.1. The van der Waals surface area contributed by atoms with Crippen molar-refractivity contribution in [1.29, 1.82) is 0 Å². The number of carbonyl (C=O) groups excluding carboxylic acids is 2. The van der Waals surface area contributed by atoms with Gasteiger partial charge in [0, 0.05) is 30.2 Å². The normalized spacial score (nSPS) is 9.84. The van der Waals surface area contributed by atoms with Crippen molar-refractivity contribution in [3.63, 3.8) is 0 Å². The number of anilines is 2. The number of phenolic OH excluding ortho intramolecular Hbond substituents is 2. The molecule has 0 aromatic heterocycles. The number of methoxy groups -OCH3 is 1. The number of ketones is 2. The molecule has 0 saturated carbocycles. The number of rotatable bonds is 13. The summed E-state index contributed by atoms with van der Waals surface area (Å²) < 4.78 is 41.1. The standard InChI is InChI=1S/C11H12O4.C9H7F3O2.C9H8O3.2C7H7NO3.C7H6O4/c1-15-9-4-2-8(3-5-9)10(12)6-7-11(13)14;10-9(11,12)7-3-1-6(2-4-7)5-8(13)14;10-8(9(11)12)6-7-4-2-1-3-5-7;8-4-1-2-5(7(10)11)6(9)3-4;8-5-2-1-4(7(10)11)3-6(5)9;8-5-3-1-2-4(6(5)9)7(10)11/h2-5H,6-7H2,1H3,(H,13,14);1-4H,5H2,(H,13,14);1-5H,6H2,(H,11,12);2*1-3,9H,8H2,(H,10,11);1-3,8-9H,(H,10,11). The largest absolute Gasteiger partial charge is 0.507 e. The van der Waals surface area contributed by atoms with Crippen molar-refractivity contribution >= 4 is 58.8 Å². The minimum absolute atomic E-state index is 0.0247. The summed E-state index contributed by atoms with van der Waals surface area (Å²) in [5.74, 6) is -8.72. The number of halogens is 3. The molecule has 21 nitrogen and oxygen atoms in total. The molecule has 0 aliphatic heterocycles. The zero-order chi connectivity index (χ0) is 56.3. The maximum atomic E-state index is 12.1. The van der Waals surface area contributed by atoms with E-state index in [4.69, 9.17) is 67.3 Å². The number of benzene rings is 6. The van der Waals surface area contributed by atoms with Crippen molar-refractivity contribution in [2.24, 2.45) is 0 Å². The van der Waals surface area contributed by atoms with Gasteiger partial charge in [-0.25, -0.2) is 19.2 Å². The number of Topliss-reactive ketones (excluding diaryl/α,β-unsaturated/α-hetero) is 2. The van der Waals surface area contributed by atoms with Crippen molar-refractivity contribution in [3.05, 3.63) is 172 Å². The predicted octanol–water partition coefficient (Wildman–Crippen LogP) is 7.10. The average Bonchev–Trinajstić information content (AvgIpc) is 3.33. The molecule has 0 atom stereocenters. The van der Waals surface area contributed by atoms with Gasteiger partial charge in [-0.05, 0) is 90.0 Å². The molecule has 14 N–H and O–H groups in total. The van der Waals surface area contributed by atoms with Crippen molar-refractivity contribution in [3.8, 4) is 28.7 Å². The van der Waals surface area contributed by atoms with Gasteiger partial charge in [-0.15, -0.1) is 0 Å². The summed E-state index contributed by atoms with van der Waals surface area (Å²) in [6, 6.07) is 30.9. The SMILES string of the molecule is COc1ccc(C(=O)CCC(=O)O)cc1.Nc1ccc(C(=O)O)c(O)c1.Nc1ccc(C(=O)O)cc1O.O=C(O)C(=O)Cc1ccccc1.O=C(O)Cc1ccc(C(F)(F)F)cc1.O=C(O)c1cccc(O)c1O. The number of aromatic carboxylic acids is 3. The number of ether oxygens (including phenoxy) is 1. The lowest BCUT2D eigenvalue weighted by molar-refractivity contribution is -0.148. The van der Waals surface area contributed by atoms with Crippen LogP contribution in [0.25, 0.3) is 0 Å². The Labute approximate surface area is 416 Å². The molecule has 0 spiro atoms. The highest BCUT2D eigenvalue weighted by atomic mass is 19.4. The van der Waals surface area contributed by atoms with E-state index in [1.165, 1.54) is 48.5 Å². The number of carboxylic acid groups (broad SMARTS) is 6. The number of phenols is 4. The molecule has 0 bridgehead atoms. The highest BCUT2D eigenvalue weighted by molar-refractivity contribution is 6.33. The molecule has 392 valence electrons. The molecule has 24 heteroatoms. The van der Waals surface area contributed by atoms with E-state index in [0.29, 0.717) is 22.6 Å². The minimum Gasteiger partial charge on any atom is -0.507 e. The third kappa shape index (κ3) is 23.5. The van der Waals surface area contributed by atoms with Crippen LogP contribution in [0.3, 0.4) is 0 Å². The first-order valence-electron chi connectivity index (χ1n) is 20.5. The molecular weight excluding hydrogens is 990 g/mol. The predicted molar refractivity (Wildman–Crippen MR) is 255 cm³/mol. The second-order valence-electron chi connectivity index (χ2n) is 14.3. The topological polar surface area (TPSA) is 400 Å². The Morgan fingerprint density at radius 2 is 1.07 bits per heavy atom. The van der Waals surface area contributed by atoms with Crippen LogP contribution in [0.15, 0.2) is 133 Å². The van der Waals surface area contributed by atoms with Crippen LogP contribution in [0.5, 0.6) is 28.7 Å². The highest BCUT2D eigenvalue weighted by Crippen LogP contribution is 2.30. The van der Waals surface area contributed by atoms with Gasteiger partial charge in [0.1, 0.15) is 28.4 Å². The summed E-state index contributed by atoms with van der Waals surface area (Å²) >= 11 is 0. The number of aliphatic carboxylic acids is 3. The molecule has 0 amide bonds. The number of carboxylic acids is 6. The van der Waals surface area contributed by atoms with Gasteiger partial charge in [-0.3, -0.25) is 19.2 Å². The molecule has 6 rings (SSSR count). The zero-order valence-electron chi connectivity index (χ0n) is 38.5. The van der Waals surface area contributed by atoms with E-state index in [1.54, 1.807) is 55.6 Å². The van der Waals surface area contributed by atoms with Crippen LogP contribution in [-0.2, 0) is 38.2 Å². The molecule has 0 saturated heterocycles. The number of para-hydroxylation sites is 1. The summed E-state index contributed by atoms with van der Waals surface area (Å²) in [6.45, 7) is 0. The van der Waals surface area contributed by atoms with Crippen molar-refractivity contribution in [2.45, 2.75) is 31.9 Å². The van der Waals surface area contributed by atoms with Gasteiger partial charge in [0.05, 0.1) is 36.8 Å². The van der Waals surface area contributed by atoms with Gasteiger partial charge >= 0.3 is 42.0 Å². The summed E-state index contributed by atoms with van der Waals surface area (Å²) in [4.78, 5) is 83.8. The van der Waals surface area contributed by atoms with E-state index in [-0.39, 0.29) is 65.3 Å². The van der Waals surface area contributed by atoms with E-state index in [2.05, 4.69) is 0 Å². The van der Waals surface area contributed by atoms with Crippen LogP contribution < -0.4 is 16.2 Å². The van der Waals surface area contributed by atoms with Gasteiger partial charge in [0.25, 0.3) is 0 Å². The Kier molecular flexibility index (Phi) is 25.5. The lowest BCUT2D eigenvalue weighted by Crippen LogP contribution is -2.14. The number of aromatic hydroxyl groups is 4. The minimum atomic E-state index is -4.37. The molecule has 6 aromatic carbocycles. The molecule has 0 radical (unpaired) electrons. The van der Waals surface area contributed by atoms with E-state index in [1.807, 2.05) is 6.07 Å². The van der Waals surface area contributed by atoms with Crippen LogP contribution in [0.1, 0.15) is 71.0 Å². The van der Waals surface area contributed by atoms with Gasteiger partial charge in [-0.2, -0.15) is 13.2 Å². The number of alkyl halides is 3. The first-order valence-corrected chi connectivity index (χ1v) is 20.5. The monoisotopic (exact) mass is 1040 g/mol. The summed E-state index contributed by atoms with van der Waals surface area (Å²) in [5.41, 5.74) is 11.4. The molecule has 74 heavy (non-hydrogen) atoms. The molecule has 0 fully saturated rings. The molecule has 0 heterocycles. The van der Waals surface area contributed by atoms with Crippen molar-refractivity contribution in [2.75, 3.05) is 18.6 Å². The van der Waals surface area contributed by atoms with E-state index < -0.39 is 64.8 Å². The van der Waals surface area contributed by atoms with Crippen LogP contribution in [0.2, 0.25) is 0 Å². The van der Waals surface area contributed by atoms with E-state index >= 15 is 0 Å². The number of hydrogen-bond donors (Lipinski definition) is 12. The molecule has 6 aromatic rings. The lowest BCUT2D eigenvalue weighted by atomic mass is 10.1. The molecule has 0 aliphatic rings. The molecule has 0 unspecified atom stereocenters. The third-order valence-electron chi connectivity index (χ3n) is 8.84. The van der Waals surface area contributed by atoms with Crippen LogP contribution in [0, 0.1) is 0 Å².